The first-order chi connectivity index (χ1) is 9.50. The molecule has 1 aromatic rings. The van der Waals surface area contributed by atoms with Crippen LogP contribution in [-0.2, 0) is 4.79 Å². The highest BCUT2D eigenvalue weighted by atomic mass is 16.3. The van der Waals surface area contributed by atoms with Crippen molar-refractivity contribution in [1.82, 2.24) is 10.2 Å². The Morgan fingerprint density at radius 2 is 1.95 bits per heavy atom. The molecule has 1 aromatic carbocycles. The fraction of sp³-hybridized carbons (Fsp3) is 0.308. The number of carbonyl (C=O) groups excluding carboxylic acids is 3. The summed E-state index contributed by atoms with van der Waals surface area (Å²) in [5.74, 6) is -1.61. The molecule has 3 amide bonds. The summed E-state index contributed by atoms with van der Waals surface area (Å²) in [6, 6.07) is 3.75. The van der Waals surface area contributed by atoms with Crippen LogP contribution in [0.4, 0.5) is 5.69 Å². The van der Waals surface area contributed by atoms with Crippen molar-refractivity contribution in [3.8, 4) is 0 Å². The van der Waals surface area contributed by atoms with Gasteiger partial charge in [-0.1, -0.05) is 6.07 Å². The maximum absolute atomic E-state index is 12.3. The van der Waals surface area contributed by atoms with E-state index in [0.717, 1.165) is 4.90 Å². The Morgan fingerprint density at radius 1 is 1.20 bits per heavy atom. The van der Waals surface area contributed by atoms with Gasteiger partial charge in [0.25, 0.3) is 11.8 Å². The second-order valence-electron chi connectivity index (χ2n) is 4.87. The molecule has 0 radical (unpaired) electrons. The Hall–Kier alpha value is -2.41. The number of benzene rings is 1. The molecule has 4 N–H and O–H groups in total. The maximum Gasteiger partial charge on any atom is 0.264 e. The lowest BCUT2D eigenvalue weighted by atomic mass is 10.0. The number of hydrogen-bond acceptors (Lipinski definition) is 5. The Kier molecular flexibility index (Phi) is 2.72. The van der Waals surface area contributed by atoms with Gasteiger partial charge in [-0.15, -0.1) is 0 Å². The first-order valence-electron chi connectivity index (χ1n) is 6.25. The first kappa shape index (κ1) is 12.6. The van der Waals surface area contributed by atoms with Gasteiger partial charge < -0.3 is 16.2 Å². The van der Waals surface area contributed by atoms with Gasteiger partial charge in [0.05, 0.1) is 11.1 Å². The number of piperidine rings is 1. The van der Waals surface area contributed by atoms with E-state index in [1.807, 2.05) is 0 Å². The standard InChI is InChI=1S/C13H13N3O4/c14-7-3-1-2-6-10(7)13(20)16(12(6)19)8-4-5-9(17)15-11(8)18/h1-3,8-9,17H,4-5,14H2,(H,15,18). The highest BCUT2D eigenvalue weighted by Gasteiger charge is 2.45. The molecule has 1 fully saturated rings. The van der Waals surface area contributed by atoms with Crippen LogP contribution in [0.3, 0.4) is 0 Å². The van der Waals surface area contributed by atoms with E-state index >= 15 is 0 Å². The van der Waals surface area contributed by atoms with Gasteiger partial charge >= 0.3 is 0 Å². The van der Waals surface area contributed by atoms with Gasteiger partial charge in [0, 0.05) is 5.69 Å². The monoisotopic (exact) mass is 275 g/mol. The van der Waals surface area contributed by atoms with Gasteiger partial charge in [-0.05, 0) is 25.0 Å². The highest BCUT2D eigenvalue weighted by molar-refractivity contribution is 6.24. The third-order valence-corrected chi connectivity index (χ3v) is 3.62. The molecule has 1 saturated heterocycles. The number of aliphatic hydroxyl groups is 1. The zero-order valence-electron chi connectivity index (χ0n) is 10.5. The van der Waals surface area contributed by atoms with E-state index in [-0.39, 0.29) is 23.2 Å². The summed E-state index contributed by atoms with van der Waals surface area (Å²) in [6.07, 6.45) is -0.406. The van der Waals surface area contributed by atoms with Gasteiger partial charge in [0.15, 0.2) is 0 Å². The summed E-state index contributed by atoms with van der Waals surface area (Å²) in [5.41, 5.74) is 6.32. The van der Waals surface area contributed by atoms with Crippen LogP contribution in [0.1, 0.15) is 33.6 Å². The van der Waals surface area contributed by atoms with Crippen LogP contribution in [0.5, 0.6) is 0 Å². The SMILES string of the molecule is Nc1cccc2c1C(=O)N(C1CCC(O)NC1=O)C2=O. The van der Waals surface area contributed by atoms with Crippen LogP contribution in [0, 0.1) is 0 Å². The van der Waals surface area contributed by atoms with Crippen molar-refractivity contribution >= 4 is 23.4 Å². The van der Waals surface area contributed by atoms with E-state index in [0.29, 0.717) is 6.42 Å². The van der Waals surface area contributed by atoms with Gasteiger partial charge in [-0.25, -0.2) is 0 Å². The fourth-order valence-electron chi connectivity index (χ4n) is 2.64. The van der Waals surface area contributed by atoms with Crippen molar-refractivity contribution in [1.29, 1.82) is 0 Å². The van der Waals surface area contributed by atoms with Gasteiger partial charge in [0.1, 0.15) is 12.3 Å². The number of nitrogen functional groups attached to an aromatic ring is 1. The van der Waals surface area contributed by atoms with Crippen LogP contribution in [0.15, 0.2) is 18.2 Å². The lowest BCUT2D eigenvalue weighted by Gasteiger charge is -2.31. The highest BCUT2D eigenvalue weighted by Crippen LogP contribution is 2.30. The average Bonchev–Trinajstić information content (AvgIpc) is 2.64. The summed E-state index contributed by atoms with van der Waals surface area (Å²) in [7, 11) is 0. The van der Waals surface area contributed by atoms with Crippen molar-refractivity contribution < 1.29 is 19.5 Å². The largest absolute Gasteiger partial charge is 0.398 e. The first-order valence-corrected chi connectivity index (χ1v) is 6.25. The molecule has 2 aliphatic heterocycles. The number of fused-ring (bicyclic) bond motifs is 1. The van der Waals surface area contributed by atoms with Gasteiger partial charge in [-0.2, -0.15) is 0 Å². The molecular weight excluding hydrogens is 262 g/mol. The van der Waals surface area contributed by atoms with Crippen LogP contribution in [-0.4, -0.2) is 40.0 Å². The minimum absolute atomic E-state index is 0.149. The normalized spacial score (nSPS) is 25.6. The Morgan fingerprint density at radius 3 is 2.60 bits per heavy atom. The number of hydrogen-bond donors (Lipinski definition) is 3. The topological polar surface area (TPSA) is 113 Å². The molecule has 7 nitrogen and oxygen atoms in total. The molecule has 7 heteroatoms. The van der Waals surface area contributed by atoms with Crippen LogP contribution >= 0.6 is 0 Å². The number of nitrogens with zero attached hydrogens (tertiary/aromatic N) is 1. The second-order valence-corrected chi connectivity index (χ2v) is 4.87. The van der Waals surface area contributed by atoms with E-state index in [1.165, 1.54) is 12.1 Å². The number of nitrogens with one attached hydrogen (secondary N) is 1. The molecule has 0 aliphatic carbocycles. The van der Waals surface area contributed by atoms with Crippen molar-refractivity contribution in [2.75, 3.05) is 5.73 Å². The number of carbonyl (C=O) groups is 3. The number of nitrogens with two attached hydrogens (primary N) is 1. The number of anilines is 1. The van der Waals surface area contributed by atoms with Crippen molar-refractivity contribution in [2.45, 2.75) is 25.1 Å². The minimum Gasteiger partial charge on any atom is -0.398 e. The lowest BCUT2D eigenvalue weighted by molar-refractivity contribution is -0.131. The third kappa shape index (κ3) is 1.67. The molecule has 104 valence electrons. The molecule has 0 saturated carbocycles. The molecule has 0 bridgehead atoms. The summed E-state index contributed by atoms with van der Waals surface area (Å²) in [6.45, 7) is 0. The van der Waals surface area contributed by atoms with Crippen molar-refractivity contribution in [3.63, 3.8) is 0 Å². The summed E-state index contributed by atoms with van der Waals surface area (Å²) in [4.78, 5) is 37.4. The van der Waals surface area contributed by atoms with Crippen molar-refractivity contribution in [2.24, 2.45) is 0 Å². The molecular formula is C13H13N3O4. The Balaban J connectivity index is 1.98. The van der Waals surface area contributed by atoms with E-state index in [2.05, 4.69) is 5.32 Å². The Labute approximate surface area is 114 Å². The van der Waals surface area contributed by atoms with E-state index in [4.69, 9.17) is 5.73 Å². The fourth-order valence-corrected chi connectivity index (χ4v) is 2.64. The average molecular weight is 275 g/mol. The maximum atomic E-state index is 12.3. The molecule has 0 spiro atoms. The summed E-state index contributed by atoms with van der Waals surface area (Å²) >= 11 is 0. The van der Waals surface area contributed by atoms with E-state index in [1.54, 1.807) is 6.07 Å². The van der Waals surface area contributed by atoms with Gasteiger partial charge in [-0.3, -0.25) is 19.3 Å². The number of amides is 3. The molecule has 2 aliphatic rings. The smallest absolute Gasteiger partial charge is 0.264 e. The molecule has 2 heterocycles. The van der Waals surface area contributed by atoms with Gasteiger partial charge in [0.2, 0.25) is 5.91 Å². The molecule has 0 aromatic heterocycles. The summed E-state index contributed by atoms with van der Waals surface area (Å²) in [5, 5.41) is 11.7. The second kappa shape index (κ2) is 4.31. The van der Waals surface area contributed by atoms with Crippen LogP contribution < -0.4 is 11.1 Å². The molecule has 3 rings (SSSR count). The predicted octanol–water partition coefficient (Wildman–Crippen LogP) is -0.538. The minimum atomic E-state index is -0.931. The quantitative estimate of drug-likeness (QED) is 0.470. The molecule has 20 heavy (non-hydrogen) atoms. The number of rotatable bonds is 1. The zero-order chi connectivity index (χ0) is 14.4. The number of aliphatic hydroxyl groups excluding tert-OH is 1. The molecule has 2 unspecified atom stereocenters. The lowest BCUT2D eigenvalue weighted by Crippen LogP contribution is -2.55. The number of imide groups is 1. The van der Waals surface area contributed by atoms with E-state index < -0.39 is 30.0 Å². The zero-order valence-corrected chi connectivity index (χ0v) is 10.5. The third-order valence-electron chi connectivity index (χ3n) is 3.62. The van der Waals surface area contributed by atoms with Crippen LogP contribution in [0.2, 0.25) is 0 Å². The van der Waals surface area contributed by atoms with Crippen LogP contribution in [0.25, 0.3) is 0 Å². The van der Waals surface area contributed by atoms with Crippen molar-refractivity contribution in [3.05, 3.63) is 29.3 Å². The molecule has 2 atom stereocenters. The van der Waals surface area contributed by atoms with E-state index in [9.17, 15) is 19.5 Å². The predicted molar refractivity (Wildman–Crippen MR) is 68.5 cm³/mol. The Bertz CT molecular complexity index is 628. The summed E-state index contributed by atoms with van der Waals surface area (Å²) < 4.78 is 0.